The molecule has 0 bridgehead atoms. The van der Waals surface area contributed by atoms with Crippen LogP contribution in [0.25, 0.3) is 0 Å². The molecular weight excluding hydrogens is 276 g/mol. The second-order valence-corrected chi connectivity index (χ2v) is 5.76. The lowest BCUT2D eigenvalue weighted by atomic mass is 10.2. The SMILES string of the molecule is CN=C(NCC1CCCO1)NCC(C)N(C)c1ccccc1. The third-order valence-electron chi connectivity index (χ3n) is 4.13. The number of hydrogen-bond acceptors (Lipinski definition) is 3. The second-order valence-electron chi connectivity index (χ2n) is 5.76. The van der Waals surface area contributed by atoms with Gasteiger partial charge in [-0.25, -0.2) is 0 Å². The summed E-state index contributed by atoms with van der Waals surface area (Å²) in [5, 5.41) is 6.73. The average Bonchev–Trinajstić information content (AvgIpc) is 3.08. The normalized spacial score (nSPS) is 19.8. The van der Waals surface area contributed by atoms with Crippen molar-refractivity contribution < 1.29 is 4.74 Å². The van der Waals surface area contributed by atoms with Crippen molar-refractivity contribution in [2.45, 2.75) is 31.9 Å². The first-order valence-electron chi connectivity index (χ1n) is 8.04. The molecule has 22 heavy (non-hydrogen) atoms. The van der Waals surface area contributed by atoms with Crippen LogP contribution in [-0.4, -0.2) is 51.9 Å². The van der Waals surface area contributed by atoms with Crippen molar-refractivity contribution >= 4 is 11.6 Å². The van der Waals surface area contributed by atoms with Gasteiger partial charge in [0.25, 0.3) is 0 Å². The highest BCUT2D eigenvalue weighted by Crippen LogP contribution is 2.13. The molecule has 0 aromatic heterocycles. The minimum absolute atomic E-state index is 0.322. The molecule has 5 heteroatoms. The number of nitrogens with zero attached hydrogens (tertiary/aromatic N) is 2. The van der Waals surface area contributed by atoms with Crippen molar-refractivity contribution in [3.05, 3.63) is 30.3 Å². The number of para-hydroxylation sites is 1. The summed E-state index contributed by atoms with van der Waals surface area (Å²) < 4.78 is 5.62. The lowest BCUT2D eigenvalue weighted by molar-refractivity contribution is 0.114. The van der Waals surface area contributed by atoms with Crippen molar-refractivity contribution in [2.24, 2.45) is 4.99 Å². The van der Waals surface area contributed by atoms with E-state index in [1.807, 2.05) is 6.07 Å². The standard InChI is InChI=1S/C17H28N4O/c1-14(21(3)15-8-5-4-6-9-15)12-19-17(18-2)20-13-16-10-7-11-22-16/h4-6,8-9,14,16H,7,10-13H2,1-3H3,(H2,18,19,20). The molecule has 0 aliphatic carbocycles. The fourth-order valence-electron chi connectivity index (χ4n) is 2.54. The Kier molecular flexibility index (Phi) is 6.52. The minimum atomic E-state index is 0.322. The predicted octanol–water partition coefficient (Wildman–Crippen LogP) is 1.86. The first-order chi connectivity index (χ1) is 10.7. The summed E-state index contributed by atoms with van der Waals surface area (Å²) in [7, 11) is 3.92. The van der Waals surface area contributed by atoms with E-state index in [0.717, 1.165) is 38.5 Å². The van der Waals surface area contributed by atoms with Gasteiger partial charge in [-0.05, 0) is 31.9 Å². The van der Waals surface area contributed by atoms with E-state index < -0.39 is 0 Å². The van der Waals surface area contributed by atoms with E-state index in [-0.39, 0.29) is 0 Å². The monoisotopic (exact) mass is 304 g/mol. The lowest BCUT2D eigenvalue weighted by Gasteiger charge is -2.28. The van der Waals surface area contributed by atoms with Crippen molar-refractivity contribution in [2.75, 3.05) is 38.7 Å². The number of aliphatic imine (C=N–C) groups is 1. The van der Waals surface area contributed by atoms with Crippen LogP contribution < -0.4 is 15.5 Å². The van der Waals surface area contributed by atoms with E-state index >= 15 is 0 Å². The maximum Gasteiger partial charge on any atom is 0.191 e. The highest BCUT2D eigenvalue weighted by molar-refractivity contribution is 5.79. The maximum atomic E-state index is 5.62. The molecule has 5 nitrogen and oxygen atoms in total. The van der Waals surface area contributed by atoms with Gasteiger partial charge >= 0.3 is 0 Å². The Balaban J connectivity index is 1.74. The number of likely N-dealkylation sites (N-methyl/N-ethyl adjacent to an activating group) is 1. The summed E-state index contributed by atoms with van der Waals surface area (Å²) in [6.45, 7) is 4.74. The van der Waals surface area contributed by atoms with Gasteiger partial charge in [-0.3, -0.25) is 4.99 Å². The van der Waals surface area contributed by atoms with Crippen LogP contribution in [0.3, 0.4) is 0 Å². The molecule has 1 aromatic carbocycles. The van der Waals surface area contributed by atoms with Crippen LogP contribution in [0.1, 0.15) is 19.8 Å². The number of ether oxygens (including phenoxy) is 1. The van der Waals surface area contributed by atoms with Gasteiger partial charge in [0, 0.05) is 45.5 Å². The third kappa shape index (κ3) is 4.91. The van der Waals surface area contributed by atoms with Crippen LogP contribution in [0.5, 0.6) is 0 Å². The zero-order chi connectivity index (χ0) is 15.8. The highest BCUT2D eigenvalue weighted by Gasteiger charge is 2.16. The number of rotatable bonds is 6. The molecule has 2 N–H and O–H groups in total. The topological polar surface area (TPSA) is 48.9 Å². The average molecular weight is 304 g/mol. The summed E-state index contributed by atoms with van der Waals surface area (Å²) in [6, 6.07) is 10.8. The summed E-state index contributed by atoms with van der Waals surface area (Å²) in [5.41, 5.74) is 1.22. The van der Waals surface area contributed by atoms with Crippen molar-refractivity contribution in [1.82, 2.24) is 10.6 Å². The van der Waals surface area contributed by atoms with Gasteiger partial charge in [0.05, 0.1) is 6.10 Å². The van der Waals surface area contributed by atoms with E-state index in [9.17, 15) is 0 Å². The molecule has 2 rings (SSSR count). The van der Waals surface area contributed by atoms with E-state index in [1.165, 1.54) is 5.69 Å². The predicted molar refractivity (Wildman–Crippen MR) is 92.6 cm³/mol. The molecule has 0 radical (unpaired) electrons. The van der Waals surface area contributed by atoms with Gasteiger partial charge < -0.3 is 20.3 Å². The number of nitrogens with one attached hydrogen (secondary N) is 2. The number of benzene rings is 1. The van der Waals surface area contributed by atoms with Gasteiger partial charge in [-0.2, -0.15) is 0 Å². The van der Waals surface area contributed by atoms with Crippen molar-refractivity contribution in [1.29, 1.82) is 0 Å². The Morgan fingerprint density at radius 3 is 2.77 bits per heavy atom. The number of guanidine groups is 1. The van der Waals surface area contributed by atoms with Crippen LogP contribution >= 0.6 is 0 Å². The quantitative estimate of drug-likeness (QED) is 0.622. The Bertz CT molecular complexity index is 457. The molecule has 1 aromatic rings. The fourth-order valence-corrected chi connectivity index (χ4v) is 2.54. The van der Waals surface area contributed by atoms with E-state index in [0.29, 0.717) is 12.1 Å². The highest BCUT2D eigenvalue weighted by atomic mass is 16.5. The smallest absolute Gasteiger partial charge is 0.191 e. The molecule has 1 fully saturated rings. The van der Waals surface area contributed by atoms with Crippen LogP contribution in [0, 0.1) is 0 Å². The summed E-state index contributed by atoms with van der Waals surface area (Å²) in [4.78, 5) is 6.54. The van der Waals surface area contributed by atoms with E-state index in [1.54, 1.807) is 7.05 Å². The van der Waals surface area contributed by atoms with E-state index in [4.69, 9.17) is 4.74 Å². The lowest BCUT2D eigenvalue weighted by Crippen LogP contribution is -2.46. The maximum absolute atomic E-state index is 5.62. The molecule has 1 aliphatic heterocycles. The second kappa shape index (κ2) is 8.63. The van der Waals surface area contributed by atoms with Gasteiger partial charge in [0.2, 0.25) is 0 Å². The minimum Gasteiger partial charge on any atom is -0.376 e. The molecule has 1 aliphatic rings. The van der Waals surface area contributed by atoms with Crippen LogP contribution in [-0.2, 0) is 4.74 Å². The van der Waals surface area contributed by atoms with Gasteiger partial charge in [-0.15, -0.1) is 0 Å². The molecule has 1 heterocycles. The van der Waals surface area contributed by atoms with Gasteiger partial charge in [0.1, 0.15) is 0 Å². The molecule has 0 saturated carbocycles. The van der Waals surface area contributed by atoms with Crippen LogP contribution in [0.4, 0.5) is 5.69 Å². The van der Waals surface area contributed by atoms with Crippen molar-refractivity contribution in [3.8, 4) is 0 Å². The molecule has 0 spiro atoms. The Morgan fingerprint density at radius 1 is 1.36 bits per heavy atom. The molecule has 122 valence electrons. The fraction of sp³-hybridized carbons (Fsp3) is 0.588. The number of anilines is 1. The van der Waals surface area contributed by atoms with Crippen LogP contribution in [0.15, 0.2) is 35.3 Å². The Labute approximate surface area is 133 Å². The first-order valence-corrected chi connectivity index (χ1v) is 8.04. The summed E-state index contributed by atoms with van der Waals surface area (Å²) in [6.07, 6.45) is 2.62. The molecule has 1 saturated heterocycles. The van der Waals surface area contributed by atoms with E-state index in [2.05, 4.69) is 58.8 Å². The van der Waals surface area contributed by atoms with Crippen molar-refractivity contribution in [3.63, 3.8) is 0 Å². The molecular formula is C17H28N4O. The summed E-state index contributed by atoms with van der Waals surface area (Å²) >= 11 is 0. The van der Waals surface area contributed by atoms with Crippen LogP contribution in [0.2, 0.25) is 0 Å². The molecule has 0 amide bonds. The Hall–Kier alpha value is -1.75. The largest absolute Gasteiger partial charge is 0.376 e. The first kappa shape index (κ1) is 16.6. The zero-order valence-corrected chi connectivity index (χ0v) is 13.9. The zero-order valence-electron chi connectivity index (χ0n) is 13.9. The third-order valence-corrected chi connectivity index (χ3v) is 4.13. The number of hydrogen-bond donors (Lipinski definition) is 2. The summed E-state index contributed by atoms with van der Waals surface area (Å²) in [5.74, 6) is 0.837. The molecule has 2 unspecified atom stereocenters. The molecule has 2 atom stereocenters. The van der Waals surface area contributed by atoms with Gasteiger partial charge in [-0.1, -0.05) is 18.2 Å². The van der Waals surface area contributed by atoms with Gasteiger partial charge in [0.15, 0.2) is 5.96 Å². The Morgan fingerprint density at radius 2 is 2.14 bits per heavy atom.